The fourth-order valence-electron chi connectivity index (χ4n) is 4.30. The Labute approximate surface area is 219 Å². The van der Waals surface area contributed by atoms with Crippen LogP contribution in [-0.2, 0) is 22.4 Å². The number of aryl methyl sites for hydroxylation is 2. The lowest BCUT2D eigenvalue weighted by Gasteiger charge is -2.39. The fourth-order valence-corrected chi connectivity index (χ4v) is 4.30. The summed E-state index contributed by atoms with van der Waals surface area (Å²) in [4.78, 5) is 10.7. The molecule has 2 aromatic carbocycles. The van der Waals surface area contributed by atoms with Crippen molar-refractivity contribution in [2.45, 2.75) is 50.0 Å². The van der Waals surface area contributed by atoms with Gasteiger partial charge >= 0.3 is 0 Å². The summed E-state index contributed by atoms with van der Waals surface area (Å²) in [7, 11) is 0. The fraction of sp³-hybridized carbons (Fsp3) is 0.444. The van der Waals surface area contributed by atoms with Crippen LogP contribution >= 0.6 is 0 Å². The van der Waals surface area contributed by atoms with E-state index in [0.29, 0.717) is 49.3 Å². The van der Waals surface area contributed by atoms with Crippen molar-refractivity contribution in [3.8, 4) is 11.5 Å². The highest BCUT2D eigenvalue weighted by molar-refractivity contribution is 5.87. The summed E-state index contributed by atoms with van der Waals surface area (Å²) in [6, 6.07) is 13.0. The van der Waals surface area contributed by atoms with E-state index in [0.717, 1.165) is 23.3 Å². The van der Waals surface area contributed by atoms with Gasteiger partial charge in [0, 0.05) is 25.1 Å². The van der Waals surface area contributed by atoms with E-state index in [9.17, 15) is 25.2 Å². The molecule has 5 atom stereocenters. The second kappa shape index (κ2) is 13.1. The Balaban J connectivity index is 1.36. The molecule has 0 radical (unpaired) electrons. The summed E-state index contributed by atoms with van der Waals surface area (Å²) in [5.41, 5.74) is 7.68. The predicted molar refractivity (Wildman–Crippen MR) is 137 cm³/mol. The Morgan fingerprint density at radius 3 is 2.53 bits per heavy atom. The zero-order chi connectivity index (χ0) is 27.1. The first-order chi connectivity index (χ1) is 18.4. The summed E-state index contributed by atoms with van der Waals surface area (Å²) in [5.74, 6) is 0.799. The number of furan rings is 1. The van der Waals surface area contributed by atoms with Crippen LogP contribution in [0.1, 0.15) is 17.5 Å². The van der Waals surface area contributed by atoms with E-state index in [4.69, 9.17) is 24.4 Å². The molecule has 1 aliphatic heterocycles. The van der Waals surface area contributed by atoms with Crippen LogP contribution in [0, 0.1) is 0 Å². The first kappa shape index (κ1) is 27.8. The number of amides is 1. The van der Waals surface area contributed by atoms with Crippen molar-refractivity contribution in [3.63, 3.8) is 0 Å². The van der Waals surface area contributed by atoms with Gasteiger partial charge < -0.3 is 50.1 Å². The molecule has 2 heterocycles. The summed E-state index contributed by atoms with van der Waals surface area (Å²) in [6.07, 6.45) is -3.53. The number of fused-ring (bicyclic) bond motifs is 1. The Kier molecular flexibility index (Phi) is 9.56. The second-order valence-electron chi connectivity index (χ2n) is 9.16. The lowest BCUT2D eigenvalue weighted by Crippen LogP contribution is -2.60. The molecule has 11 nitrogen and oxygen atoms in total. The van der Waals surface area contributed by atoms with Crippen LogP contribution < -0.4 is 20.5 Å². The molecule has 0 saturated carbocycles. The molecule has 38 heavy (non-hydrogen) atoms. The van der Waals surface area contributed by atoms with E-state index in [-0.39, 0.29) is 5.91 Å². The smallest absolute Gasteiger partial charge is 0.229 e. The van der Waals surface area contributed by atoms with Crippen molar-refractivity contribution in [1.29, 1.82) is 0 Å². The lowest BCUT2D eigenvalue weighted by molar-refractivity contribution is -0.277. The third-order valence-corrected chi connectivity index (χ3v) is 6.43. The minimum atomic E-state index is -1.53. The number of hydrogen-bond acceptors (Lipinski definition) is 10. The monoisotopic (exact) mass is 530 g/mol. The van der Waals surface area contributed by atoms with Crippen LogP contribution in [0.4, 0.5) is 0 Å². The Bertz CT molecular complexity index is 1180. The molecule has 0 aliphatic carbocycles. The van der Waals surface area contributed by atoms with Gasteiger partial charge in [0.05, 0.1) is 18.3 Å². The Hall–Kier alpha value is -3.19. The summed E-state index contributed by atoms with van der Waals surface area (Å²) in [5, 5.41) is 43.7. The molecule has 0 unspecified atom stereocenters. The van der Waals surface area contributed by atoms with Crippen molar-refractivity contribution in [3.05, 3.63) is 59.9 Å². The molecule has 3 aromatic rings. The number of primary amides is 1. The van der Waals surface area contributed by atoms with E-state index in [1.807, 2.05) is 24.3 Å². The minimum absolute atomic E-state index is 0.294. The second-order valence-corrected chi connectivity index (χ2v) is 9.16. The quantitative estimate of drug-likeness (QED) is 0.168. The number of nitrogens with two attached hydrogens (primary N) is 1. The SMILES string of the molecule is NC(=O)CCNCCOc1ccc(CCc2coc3cccc(O[C@@H]4O[C@H](CO)[C@@H](O)[C@H](O)[C@H]4O)c23)cc1. The molecule has 0 bridgehead atoms. The number of aliphatic hydroxyl groups is 4. The number of ether oxygens (including phenoxy) is 3. The average molecular weight is 531 g/mol. The van der Waals surface area contributed by atoms with Gasteiger partial charge in [0.2, 0.25) is 12.2 Å². The van der Waals surface area contributed by atoms with Gasteiger partial charge in [0.25, 0.3) is 0 Å². The van der Waals surface area contributed by atoms with E-state index in [1.165, 1.54) is 0 Å². The standard InChI is InChI=1S/C27H34N2O9/c28-22(31)10-11-29-12-13-35-18-8-5-16(6-9-18)4-7-17-15-36-19-2-1-3-20(23(17)19)37-27-26(34)25(33)24(32)21(14-30)38-27/h1-3,5-6,8-9,15,21,24-27,29-30,32-34H,4,7,10-14H2,(H2,28,31)/t21-,24-,25+,26-,27-/m1/s1. The van der Waals surface area contributed by atoms with Gasteiger partial charge in [-0.15, -0.1) is 0 Å². The van der Waals surface area contributed by atoms with Crippen molar-refractivity contribution in [1.82, 2.24) is 5.32 Å². The topological polar surface area (TPSA) is 177 Å². The third kappa shape index (κ3) is 6.81. The number of benzene rings is 2. The number of hydrogen-bond donors (Lipinski definition) is 6. The Morgan fingerprint density at radius 2 is 1.79 bits per heavy atom. The molecule has 11 heteroatoms. The normalized spacial score (nSPS) is 23.4. The number of aliphatic hydroxyl groups excluding tert-OH is 4. The molecule has 0 spiro atoms. The molecule has 206 valence electrons. The average Bonchev–Trinajstić information content (AvgIpc) is 3.34. The van der Waals surface area contributed by atoms with Crippen molar-refractivity contribution in [2.75, 3.05) is 26.3 Å². The van der Waals surface area contributed by atoms with Gasteiger partial charge in [-0.1, -0.05) is 18.2 Å². The van der Waals surface area contributed by atoms with Gasteiger partial charge in [0.1, 0.15) is 48.1 Å². The van der Waals surface area contributed by atoms with Crippen molar-refractivity contribution in [2.24, 2.45) is 5.73 Å². The van der Waals surface area contributed by atoms with Gasteiger partial charge in [-0.2, -0.15) is 0 Å². The van der Waals surface area contributed by atoms with E-state index >= 15 is 0 Å². The maximum atomic E-state index is 10.7. The van der Waals surface area contributed by atoms with Gasteiger partial charge in [-0.25, -0.2) is 0 Å². The largest absolute Gasteiger partial charge is 0.492 e. The highest BCUT2D eigenvalue weighted by Gasteiger charge is 2.44. The molecule has 1 fully saturated rings. The zero-order valence-electron chi connectivity index (χ0n) is 20.9. The van der Waals surface area contributed by atoms with Gasteiger partial charge in [-0.05, 0) is 42.7 Å². The molecule has 7 N–H and O–H groups in total. The van der Waals surface area contributed by atoms with E-state index in [1.54, 1.807) is 24.5 Å². The number of carbonyl (C=O) groups is 1. The molecular weight excluding hydrogens is 496 g/mol. The molecule has 1 aromatic heterocycles. The lowest BCUT2D eigenvalue weighted by atomic mass is 9.99. The summed E-state index contributed by atoms with van der Waals surface area (Å²) >= 11 is 0. The van der Waals surface area contributed by atoms with E-state index < -0.39 is 37.3 Å². The third-order valence-electron chi connectivity index (χ3n) is 6.43. The molecular formula is C27H34N2O9. The summed E-state index contributed by atoms with van der Waals surface area (Å²) < 4.78 is 22.8. The highest BCUT2D eigenvalue weighted by atomic mass is 16.7. The Morgan fingerprint density at radius 1 is 1.00 bits per heavy atom. The van der Waals surface area contributed by atoms with Gasteiger partial charge in [0.15, 0.2) is 0 Å². The van der Waals surface area contributed by atoms with Crippen molar-refractivity contribution >= 4 is 16.9 Å². The molecule has 1 saturated heterocycles. The van der Waals surface area contributed by atoms with Crippen LogP contribution in [-0.4, -0.2) is 83.3 Å². The van der Waals surface area contributed by atoms with Crippen LogP contribution in [0.5, 0.6) is 11.5 Å². The molecule has 1 aliphatic rings. The minimum Gasteiger partial charge on any atom is -0.492 e. The summed E-state index contributed by atoms with van der Waals surface area (Å²) in [6.45, 7) is 1.06. The van der Waals surface area contributed by atoms with Gasteiger partial charge in [-0.3, -0.25) is 4.79 Å². The first-order valence-corrected chi connectivity index (χ1v) is 12.5. The molecule has 1 amide bonds. The highest BCUT2D eigenvalue weighted by Crippen LogP contribution is 2.34. The van der Waals surface area contributed by atoms with Crippen LogP contribution in [0.3, 0.4) is 0 Å². The van der Waals surface area contributed by atoms with Crippen molar-refractivity contribution < 1.29 is 43.8 Å². The zero-order valence-corrected chi connectivity index (χ0v) is 20.9. The number of nitrogens with one attached hydrogen (secondary N) is 1. The van der Waals surface area contributed by atoms with Crippen LogP contribution in [0.15, 0.2) is 53.1 Å². The van der Waals surface area contributed by atoms with Crippen LogP contribution in [0.25, 0.3) is 11.0 Å². The maximum Gasteiger partial charge on any atom is 0.229 e. The van der Waals surface area contributed by atoms with Crippen LogP contribution in [0.2, 0.25) is 0 Å². The molecule has 4 rings (SSSR count). The number of carbonyl (C=O) groups excluding carboxylic acids is 1. The maximum absolute atomic E-state index is 10.7. The number of rotatable bonds is 13. The first-order valence-electron chi connectivity index (χ1n) is 12.5. The predicted octanol–water partition coefficient (Wildman–Crippen LogP) is 0.241. The van der Waals surface area contributed by atoms with E-state index in [2.05, 4.69) is 5.32 Å².